The van der Waals surface area contributed by atoms with Crippen molar-refractivity contribution in [1.82, 2.24) is 15.0 Å². The molecule has 0 unspecified atom stereocenters. The minimum absolute atomic E-state index is 0.0942. The molecule has 10 heteroatoms. The Balaban J connectivity index is 1.89. The molecule has 3 aromatic rings. The molecule has 2 aromatic heterocycles. The summed E-state index contributed by atoms with van der Waals surface area (Å²) in [5, 5.41) is 15.0. The molecule has 2 heterocycles. The maximum atomic E-state index is 12.4. The topological polar surface area (TPSA) is 92.2 Å². The molecule has 1 aromatic carbocycles. The number of rotatable bonds is 7. The highest BCUT2D eigenvalue weighted by molar-refractivity contribution is 5.68. The molecule has 0 bridgehead atoms. The number of pyridine rings is 1. The van der Waals surface area contributed by atoms with Gasteiger partial charge in [0, 0.05) is 36.3 Å². The summed E-state index contributed by atoms with van der Waals surface area (Å²) in [6.45, 7) is 1.82. The molecular formula is C19H18F3N5O2. The summed E-state index contributed by atoms with van der Waals surface area (Å²) in [5.41, 5.74) is 2.45. The number of aliphatic hydroxyl groups is 1. The maximum absolute atomic E-state index is 12.4. The van der Waals surface area contributed by atoms with E-state index < -0.39 is 6.36 Å². The van der Waals surface area contributed by atoms with Crippen molar-refractivity contribution in [3.05, 3.63) is 54.4 Å². The molecule has 29 heavy (non-hydrogen) atoms. The summed E-state index contributed by atoms with van der Waals surface area (Å²) in [7, 11) is 0. The number of aliphatic hydroxyl groups excluding tert-OH is 1. The van der Waals surface area contributed by atoms with Crippen LogP contribution in [0.15, 0.2) is 48.8 Å². The lowest BCUT2D eigenvalue weighted by atomic mass is 10.2. The van der Waals surface area contributed by atoms with Crippen molar-refractivity contribution in [3.63, 3.8) is 0 Å². The van der Waals surface area contributed by atoms with Gasteiger partial charge in [0.05, 0.1) is 12.3 Å². The first-order chi connectivity index (χ1) is 13.8. The van der Waals surface area contributed by atoms with Crippen LogP contribution in [0.4, 0.5) is 30.6 Å². The molecular weight excluding hydrogens is 387 g/mol. The largest absolute Gasteiger partial charge is 0.573 e. The van der Waals surface area contributed by atoms with Gasteiger partial charge in [-0.1, -0.05) is 0 Å². The Morgan fingerprint density at radius 2 is 1.97 bits per heavy atom. The highest BCUT2D eigenvalue weighted by Crippen LogP contribution is 2.29. The zero-order valence-electron chi connectivity index (χ0n) is 15.4. The van der Waals surface area contributed by atoms with Gasteiger partial charge in [-0.25, -0.2) is 4.98 Å². The molecule has 0 spiro atoms. The average Bonchev–Trinajstić information content (AvgIpc) is 2.68. The lowest BCUT2D eigenvalue weighted by Gasteiger charge is -2.14. The van der Waals surface area contributed by atoms with Crippen LogP contribution in [0.1, 0.15) is 5.56 Å². The molecule has 0 atom stereocenters. The second-order valence-corrected chi connectivity index (χ2v) is 6.00. The first-order valence-corrected chi connectivity index (χ1v) is 8.62. The summed E-state index contributed by atoms with van der Waals surface area (Å²) < 4.78 is 41.1. The van der Waals surface area contributed by atoms with Gasteiger partial charge in [-0.05, 0) is 42.8 Å². The van der Waals surface area contributed by atoms with E-state index in [1.807, 2.05) is 6.07 Å². The molecule has 0 aliphatic carbocycles. The van der Waals surface area contributed by atoms with E-state index in [0.29, 0.717) is 22.8 Å². The van der Waals surface area contributed by atoms with E-state index in [2.05, 4.69) is 30.3 Å². The predicted octanol–water partition coefficient (Wildman–Crippen LogP) is 3.89. The number of halogens is 3. The van der Waals surface area contributed by atoms with E-state index in [4.69, 9.17) is 5.11 Å². The van der Waals surface area contributed by atoms with Gasteiger partial charge in [-0.2, -0.15) is 4.98 Å². The third kappa shape index (κ3) is 5.79. The Kier molecular flexibility index (Phi) is 6.13. The lowest BCUT2D eigenvalue weighted by molar-refractivity contribution is -0.274. The van der Waals surface area contributed by atoms with Crippen LogP contribution >= 0.6 is 0 Å². The lowest BCUT2D eigenvalue weighted by Crippen LogP contribution is -2.17. The maximum Gasteiger partial charge on any atom is 0.573 e. The van der Waals surface area contributed by atoms with Crippen LogP contribution in [0, 0.1) is 6.92 Å². The summed E-state index contributed by atoms with van der Waals surface area (Å²) in [6, 6.07) is 9.28. The molecule has 0 aliphatic heterocycles. The third-order valence-corrected chi connectivity index (χ3v) is 3.77. The summed E-state index contributed by atoms with van der Waals surface area (Å²) >= 11 is 0. The van der Waals surface area contributed by atoms with Crippen molar-refractivity contribution in [1.29, 1.82) is 0 Å². The van der Waals surface area contributed by atoms with Crippen LogP contribution in [0.2, 0.25) is 0 Å². The predicted molar refractivity (Wildman–Crippen MR) is 102 cm³/mol. The van der Waals surface area contributed by atoms with Gasteiger partial charge in [-0.15, -0.1) is 13.2 Å². The van der Waals surface area contributed by atoms with Crippen molar-refractivity contribution in [3.8, 4) is 17.0 Å². The number of aromatic nitrogens is 3. The number of aryl methyl sites for hydroxylation is 1. The van der Waals surface area contributed by atoms with Gasteiger partial charge in [0.2, 0.25) is 5.95 Å². The molecule has 0 radical (unpaired) electrons. The number of nitrogens with zero attached hydrogens (tertiary/aromatic N) is 3. The minimum Gasteiger partial charge on any atom is -0.406 e. The van der Waals surface area contributed by atoms with Crippen molar-refractivity contribution in [2.75, 3.05) is 23.8 Å². The summed E-state index contributed by atoms with van der Waals surface area (Å²) in [4.78, 5) is 12.8. The standard InChI is InChI=1S/C19H18F3N5O2/c1-12-9-14(29-19(20,21)22)4-5-15(12)25-17-10-16(13-3-2-6-23-11-13)26-18(27-17)24-7-8-28/h2-6,9-11,28H,7-8H2,1H3,(H2,24,25,26,27). The van der Waals surface area contributed by atoms with E-state index >= 15 is 0 Å². The van der Waals surface area contributed by atoms with Gasteiger partial charge >= 0.3 is 6.36 Å². The quantitative estimate of drug-likeness (QED) is 0.549. The highest BCUT2D eigenvalue weighted by Gasteiger charge is 2.31. The Labute approximate surface area is 164 Å². The molecule has 0 saturated heterocycles. The van der Waals surface area contributed by atoms with Crippen molar-refractivity contribution in [2.45, 2.75) is 13.3 Å². The van der Waals surface area contributed by atoms with Gasteiger partial charge in [0.15, 0.2) is 0 Å². The van der Waals surface area contributed by atoms with Crippen LogP contribution in [0.25, 0.3) is 11.3 Å². The second-order valence-electron chi connectivity index (χ2n) is 6.00. The zero-order chi connectivity index (χ0) is 20.9. The van der Waals surface area contributed by atoms with Crippen molar-refractivity contribution in [2.24, 2.45) is 0 Å². The number of alkyl halides is 3. The molecule has 3 N–H and O–H groups in total. The fourth-order valence-electron chi connectivity index (χ4n) is 2.53. The highest BCUT2D eigenvalue weighted by atomic mass is 19.4. The first-order valence-electron chi connectivity index (χ1n) is 8.62. The van der Waals surface area contributed by atoms with E-state index in [0.717, 1.165) is 5.56 Å². The summed E-state index contributed by atoms with van der Waals surface area (Å²) in [5.74, 6) is 0.411. The van der Waals surface area contributed by atoms with Gasteiger partial charge in [-0.3, -0.25) is 4.98 Å². The Morgan fingerprint density at radius 3 is 2.62 bits per heavy atom. The van der Waals surface area contributed by atoms with Crippen LogP contribution in [0.3, 0.4) is 0 Å². The van der Waals surface area contributed by atoms with Gasteiger partial charge in [0.1, 0.15) is 11.6 Å². The van der Waals surface area contributed by atoms with Gasteiger partial charge in [0.25, 0.3) is 0 Å². The molecule has 0 aliphatic rings. The monoisotopic (exact) mass is 405 g/mol. The Bertz CT molecular complexity index is 968. The normalized spacial score (nSPS) is 11.2. The van der Waals surface area contributed by atoms with E-state index in [-0.39, 0.29) is 24.8 Å². The van der Waals surface area contributed by atoms with Crippen molar-refractivity contribution >= 4 is 17.5 Å². The molecule has 0 amide bonds. The molecule has 0 saturated carbocycles. The Hall–Kier alpha value is -3.40. The molecule has 7 nitrogen and oxygen atoms in total. The number of benzene rings is 1. The second kappa shape index (κ2) is 8.74. The van der Waals surface area contributed by atoms with Crippen LogP contribution in [-0.4, -0.2) is 39.6 Å². The van der Waals surface area contributed by atoms with Crippen LogP contribution in [-0.2, 0) is 0 Å². The molecule has 152 valence electrons. The number of nitrogens with one attached hydrogen (secondary N) is 2. The number of hydrogen-bond acceptors (Lipinski definition) is 7. The van der Waals surface area contributed by atoms with Crippen LogP contribution in [0.5, 0.6) is 5.75 Å². The fraction of sp³-hybridized carbons (Fsp3) is 0.211. The minimum atomic E-state index is -4.75. The average molecular weight is 405 g/mol. The van der Waals surface area contributed by atoms with E-state index in [1.165, 1.54) is 18.2 Å². The third-order valence-electron chi connectivity index (χ3n) is 3.77. The number of anilines is 3. The van der Waals surface area contributed by atoms with Gasteiger partial charge < -0.3 is 20.5 Å². The molecule has 3 rings (SSSR count). The van der Waals surface area contributed by atoms with Crippen LogP contribution < -0.4 is 15.4 Å². The van der Waals surface area contributed by atoms with E-state index in [1.54, 1.807) is 31.5 Å². The smallest absolute Gasteiger partial charge is 0.406 e. The fourth-order valence-corrected chi connectivity index (χ4v) is 2.53. The number of hydrogen-bond donors (Lipinski definition) is 3. The molecule has 0 fully saturated rings. The van der Waals surface area contributed by atoms with Crippen molar-refractivity contribution < 1.29 is 23.0 Å². The zero-order valence-corrected chi connectivity index (χ0v) is 15.4. The Morgan fingerprint density at radius 1 is 1.14 bits per heavy atom. The summed E-state index contributed by atoms with van der Waals surface area (Å²) in [6.07, 6.45) is -1.46. The number of ether oxygens (including phenoxy) is 1. The first kappa shape index (κ1) is 20.3. The SMILES string of the molecule is Cc1cc(OC(F)(F)F)ccc1Nc1cc(-c2cccnc2)nc(NCCO)n1. The van der Waals surface area contributed by atoms with E-state index in [9.17, 15) is 13.2 Å².